The Balaban J connectivity index is 1.40. The van der Waals surface area contributed by atoms with Crippen LogP contribution in [0.2, 0.25) is 10.0 Å². The molecule has 2 N–H and O–H groups in total. The van der Waals surface area contributed by atoms with Gasteiger partial charge in [0.15, 0.2) is 11.2 Å². The van der Waals surface area contributed by atoms with E-state index in [1.54, 1.807) is 12.1 Å². The largest absolute Gasteiger partial charge is 0.418 e. The SMILES string of the molecule is O=C(Nc1cnc2[nH]c(=O)oc2c1)C(=O)N1CCCN(c2ccc(Cl)c(Cl)c2)CC1. The monoisotopic (exact) mass is 449 g/mol. The number of carbonyl (C=O) groups excluding carboxylic acids is 2. The van der Waals surface area contributed by atoms with Crippen LogP contribution in [-0.4, -0.2) is 52.9 Å². The number of rotatable bonds is 2. The molecule has 0 spiro atoms. The second kappa shape index (κ2) is 8.37. The quantitative estimate of drug-likeness (QED) is 0.581. The predicted molar refractivity (Wildman–Crippen MR) is 113 cm³/mol. The van der Waals surface area contributed by atoms with Gasteiger partial charge in [0.2, 0.25) is 0 Å². The van der Waals surface area contributed by atoms with E-state index in [2.05, 4.69) is 20.2 Å². The maximum atomic E-state index is 12.6. The van der Waals surface area contributed by atoms with E-state index in [9.17, 15) is 14.4 Å². The molecule has 1 saturated heterocycles. The zero-order chi connectivity index (χ0) is 21.3. The number of hydrogen-bond acceptors (Lipinski definition) is 6. The van der Waals surface area contributed by atoms with Crippen LogP contribution in [-0.2, 0) is 9.59 Å². The third-order valence-electron chi connectivity index (χ3n) is 4.78. The summed E-state index contributed by atoms with van der Waals surface area (Å²) in [5.74, 6) is -2.06. The van der Waals surface area contributed by atoms with Crippen LogP contribution in [0.3, 0.4) is 0 Å². The maximum absolute atomic E-state index is 12.6. The highest BCUT2D eigenvalue weighted by atomic mass is 35.5. The van der Waals surface area contributed by atoms with E-state index in [0.29, 0.717) is 36.1 Å². The fraction of sp³-hybridized carbons (Fsp3) is 0.263. The minimum atomic E-state index is -0.781. The summed E-state index contributed by atoms with van der Waals surface area (Å²) in [5, 5.41) is 3.45. The number of aromatic nitrogens is 2. The first-order chi connectivity index (χ1) is 14.4. The number of H-pyrrole nitrogens is 1. The Bertz CT molecular complexity index is 1180. The Hall–Kier alpha value is -3.04. The van der Waals surface area contributed by atoms with Gasteiger partial charge in [0, 0.05) is 37.9 Å². The van der Waals surface area contributed by atoms with E-state index >= 15 is 0 Å². The average Bonchev–Trinajstić information content (AvgIpc) is 2.93. The van der Waals surface area contributed by atoms with Crippen LogP contribution in [0.4, 0.5) is 11.4 Å². The molecule has 0 aliphatic carbocycles. The molecule has 1 fully saturated rings. The lowest BCUT2D eigenvalue weighted by molar-refractivity contribution is -0.143. The highest BCUT2D eigenvalue weighted by molar-refractivity contribution is 6.42. The predicted octanol–water partition coefficient (Wildman–Crippen LogP) is 2.50. The molecular formula is C19H17Cl2N5O4. The van der Waals surface area contributed by atoms with E-state index in [4.69, 9.17) is 27.6 Å². The molecule has 0 saturated carbocycles. The van der Waals surface area contributed by atoms with Crippen LogP contribution >= 0.6 is 23.2 Å². The summed E-state index contributed by atoms with van der Waals surface area (Å²) in [6, 6.07) is 6.83. The van der Waals surface area contributed by atoms with Gasteiger partial charge in [-0.2, -0.15) is 0 Å². The third-order valence-corrected chi connectivity index (χ3v) is 5.52. The minimum absolute atomic E-state index is 0.192. The molecule has 0 unspecified atom stereocenters. The molecule has 4 rings (SSSR count). The van der Waals surface area contributed by atoms with Crippen molar-refractivity contribution in [2.75, 3.05) is 36.4 Å². The lowest BCUT2D eigenvalue weighted by Crippen LogP contribution is -2.41. The summed E-state index contributed by atoms with van der Waals surface area (Å²) in [6.07, 6.45) is 2.04. The maximum Gasteiger partial charge on any atom is 0.418 e. The number of aromatic amines is 1. The molecule has 1 aromatic carbocycles. The summed E-state index contributed by atoms with van der Waals surface area (Å²) in [5.41, 5.74) is 1.63. The lowest BCUT2D eigenvalue weighted by Gasteiger charge is -2.23. The molecule has 0 atom stereocenters. The van der Waals surface area contributed by atoms with Crippen LogP contribution in [0.15, 0.2) is 39.7 Å². The van der Waals surface area contributed by atoms with Crippen LogP contribution in [0, 0.1) is 0 Å². The summed E-state index contributed by atoms with van der Waals surface area (Å²) in [6.45, 7) is 2.11. The number of benzene rings is 1. The van der Waals surface area contributed by atoms with E-state index < -0.39 is 17.6 Å². The molecular weight excluding hydrogens is 433 g/mol. The van der Waals surface area contributed by atoms with E-state index in [0.717, 1.165) is 12.2 Å². The van der Waals surface area contributed by atoms with Crippen molar-refractivity contribution in [2.24, 2.45) is 0 Å². The average molecular weight is 450 g/mol. The summed E-state index contributed by atoms with van der Waals surface area (Å²) < 4.78 is 4.91. The molecule has 3 heterocycles. The van der Waals surface area contributed by atoms with Crippen molar-refractivity contribution < 1.29 is 14.0 Å². The van der Waals surface area contributed by atoms with Gasteiger partial charge in [-0.15, -0.1) is 0 Å². The number of fused-ring (bicyclic) bond motifs is 1. The lowest BCUT2D eigenvalue weighted by atomic mass is 10.2. The number of anilines is 2. The molecule has 11 heteroatoms. The van der Waals surface area contributed by atoms with Gasteiger partial charge in [-0.25, -0.2) is 9.78 Å². The number of pyridine rings is 1. The van der Waals surface area contributed by atoms with Crippen LogP contribution in [0.5, 0.6) is 0 Å². The molecule has 1 aliphatic rings. The Morgan fingerprint density at radius 2 is 1.93 bits per heavy atom. The number of halogens is 2. The molecule has 1 aliphatic heterocycles. The molecule has 2 amide bonds. The summed E-state index contributed by atoms with van der Waals surface area (Å²) in [4.78, 5) is 46.2. The zero-order valence-corrected chi connectivity index (χ0v) is 17.2. The number of hydrogen-bond donors (Lipinski definition) is 2. The minimum Gasteiger partial charge on any atom is -0.406 e. The van der Waals surface area contributed by atoms with Crippen molar-refractivity contribution in [3.8, 4) is 0 Å². The van der Waals surface area contributed by atoms with Gasteiger partial charge in [-0.3, -0.25) is 14.6 Å². The first kappa shape index (κ1) is 20.2. The fourth-order valence-corrected chi connectivity index (χ4v) is 3.59. The standard InChI is InChI=1S/C19H17Cl2N5O4/c20-13-3-2-12(9-14(13)21)25-4-1-5-26(7-6-25)18(28)17(27)23-11-8-15-16(22-10-11)24-19(29)30-15/h2-3,8-10H,1,4-7H2,(H,23,27)(H,22,24,29). The van der Waals surface area contributed by atoms with E-state index in [-0.39, 0.29) is 16.9 Å². The van der Waals surface area contributed by atoms with Gasteiger partial charge in [-0.1, -0.05) is 23.2 Å². The van der Waals surface area contributed by atoms with Gasteiger partial charge in [0.25, 0.3) is 0 Å². The van der Waals surface area contributed by atoms with Crippen LogP contribution in [0.25, 0.3) is 11.2 Å². The normalized spacial score (nSPS) is 14.6. The highest BCUT2D eigenvalue weighted by Crippen LogP contribution is 2.27. The number of nitrogens with one attached hydrogen (secondary N) is 2. The molecule has 2 aromatic heterocycles. The second-order valence-corrected chi connectivity index (χ2v) is 7.58. The van der Waals surface area contributed by atoms with Crippen molar-refractivity contribution in [1.82, 2.24) is 14.9 Å². The fourth-order valence-electron chi connectivity index (χ4n) is 3.30. The summed E-state index contributed by atoms with van der Waals surface area (Å²) in [7, 11) is 0. The molecule has 0 bridgehead atoms. The van der Waals surface area contributed by atoms with Gasteiger partial charge in [-0.05, 0) is 24.6 Å². The van der Waals surface area contributed by atoms with Crippen molar-refractivity contribution in [1.29, 1.82) is 0 Å². The Morgan fingerprint density at radius 1 is 1.10 bits per heavy atom. The first-order valence-corrected chi connectivity index (χ1v) is 9.95. The first-order valence-electron chi connectivity index (χ1n) is 9.20. The molecule has 9 nitrogen and oxygen atoms in total. The third kappa shape index (κ3) is 4.27. The number of nitrogens with zero attached hydrogens (tertiary/aromatic N) is 3. The summed E-state index contributed by atoms with van der Waals surface area (Å²) >= 11 is 12.1. The molecule has 30 heavy (non-hydrogen) atoms. The Labute approximate surface area is 180 Å². The molecule has 0 radical (unpaired) electrons. The second-order valence-electron chi connectivity index (χ2n) is 6.77. The van der Waals surface area contributed by atoms with Crippen molar-refractivity contribution in [2.45, 2.75) is 6.42 Å². The molecule has 156 valence electrons. The Morgan fingerprint density at radius 3 is 2.73 bits per heavy atom. The zero-order valence-electron chi connectivity index (χ0n) is 15.7. The number of amides is 2. The van der Waals surface area contributed by atoms with Gasteiger partial charge >= 0.3 is 17.6 Å². The van der Waals surface area contributed by atoms with Crippen LogP contribution < -0.4 is 16.0 Å². The van der Waals surface area contributed by atoms with Gasteiger partial charge in [0.1, 0.15) is 0 Å². The number of oxazole rings is 1. The smallest absolute Gasteiger partial charge is 0.406 e. The Kier molecular flexibility index (Phi) is 5.65. The molecule has 3 aromatic rings. The van der Waals surface area contributed by atoms with Crippen molar-refractivity contribution >= 4 is 57.6 Å². The van der Waals surface area contributed by atoms with Crippen LogP contribution in [0.1, 0.15) is 6.42 Å². The van der Waals surface area contributed by atoms with Gasteiger partial charge in [0.05, 0.1) is 21.9 Å². The highest BCUT2D eigenvalue weighted by Gasteiger charge is 2.25. The van der Waals surface area contributed by atoms with Crippen molar-refractivity contribution in [3.63, 3.8) is 0 Å². The number of carbonyl (C=O) groups is 2. The van der Waals surface area contributed by atoms with E-state index in [1.165, 1.54) is 17.2 Å². The van der Waals surface area contributed by atoms with Gasteiger partial charge < -0.3 is 19.5 Å². The van der Waals surface area contributed by atoms with E-state index in [1.807, 2.05) is 6.07 Å². The topological polar surface area (TPSA) is 112 Å². The van der Waals surface area contributed by atoms with Crippen molar-refractivity contribution in [3.05, 3.63) is 51.1 Å².